The van der Waals surface area contributed by atoms with Crippen LogP contribution in [0, 0.1) is 11.7 Å². The van der Waals surface area contributed by atoms with Crippen molar-refractivity contribution in [2.45, 2.75) is 43.6 Å². The van der Waals surface area contributed by atoms with Crippen LogP contribution in [0.25, 0.3) is 0 Å². The zero-order valence-corrected chi connectivity index (χ0v) is 15.4. The third-order valence-corrected chi connectivity index (χ3v) is 5.67. The lowest BCUT2D eigenvalue weighted by molar-refractivity contribution is -0.162. The van der Waals surface area contributed by atoms with Crippen LogP contribution in [-0.2, 0) is 19.6 Å². The lowest BCUT2D eigenvalue weighted by Gasteiger charge is -2.29. The molecule has 1 aliphatic rings. The molecular formula is C17H25FN2O4S. The Morgan fingerprint density at radius 1 is 1.28 bits per heavy atom. The zero-order valence-electron chi connectivity index (χ0n) is 14.5. The van der Waals surface area contributed by atoms with Gasteiger partial charge in [-0.2, -0.15) is 0 Å². The fraction of sp³-hybridized carbons (Fsp3) is 0.588. The molecule has 1 aromatic carbocycles. The van der Waals surface area contributed by atoms with E-state index in [-0.39, 0.29) is 23.3 Å². The molecule has 2 rings (SSSR count). The van der Waals surface area contributed by atoms with E-state index in [0.717, 1.165) is 38.1 Å². The molecule has 140 valence electrons. The van der Waals surface area contributed by atoms with E-state index in [1.807, 2.05) is 0 Å². The van der Waals surface area contributed by atoms with Crippen molar-refractivity contribution in [2.24, 2.45) is 5.92 Å². The molecule has 0 amide bonds. The second-order valence-electron chi connectivity index (χ2n) is 6.81. The second-order valence-corrected chi connectivity index (χ2v) is 8.57. The third kappa shape index (κ3) is 6.05. The Kier molecular flexibility index (Phi) is 6.53. The van der Waals surface area contributed by atoms with Crippen LogP contribution in [0.1, 0.15) is 33.1 Å². The summed E-state index contributed by atoms with van der Waals surface area (Å²) in [7, 11) is -3.71. The summed E-state index contributed by atoms with van der Waals surface area (Å²) >= 11 is 0. The number of hydrogen-bond acceptors (Lipinski definition) is 5. The molecular weight excluding hydrogens is 347 g/mol. The Balaban J connectivity index is 1.84. The SMILES string of the molecule is CC(C)(CCNS(=O)(=O)c1ccc(F)cc1)OC(=O)C1CCNCC1. The first-order valence-corrected chi connectivity index (χ1v) is 9.87. The van der Waals surface area contributed by atoms with Crippen LogP contribution >= 0.6 is 0 Å². The number of carbonyl (C=O) groups excluding carboxylic acids is 1. The van der Waals surface area contributed by atoms with Gasteiger partial charge in [-0.25, -0.2) is 17.5 Å². The quantitative estimate of drug-likeness (QED) is 0.713. The summed E-state index contributed by atoms with van der Waals surface area (Å²) in [4.78, 5) is 12.2. The smallest absolute Gasteiger partial charge is 0.309 e. The molecule has 0 bridgehead atoms. The van der Waals surface area contributed by atoms with Gasteiger partial charge in [-0.1, -0.05) is 0 Å². The molecule has 8 heteroatoms. The van der Waals surface area contributed by atoms with Gasteiger partial charge in [0.25, 0.3) is 0 Å². The molecule has 0 unspecified atom stereocenters. The fourth-order valence-corrected chi connectivity index (χ4v) is 3.68. The molecule has 1 heterocycles. The fourth-order valence-electron chi connectivity index (χ4n) is 2.65. The van der Waals surface area contributed by atoms with Crippen LogP contribution in [0.2, 0.25) is 0 Å². The monoisotopic (exact) mass is 372 g/mol. The number of halogens is 1. The highest BCUT2D eigenvalue weighted by Crippen LogP contribution is 2.21. The maximum Gasteiger partial charge on any atom is 0.309 e. The number of esters is 1. The number of nitrogens with one attached hydrogen (secondary N) is 2. The van der Waals surface area contributed by atoms with Crippen LogP contribution in [0.5, 0.6) is 0 Å². The molecule has 0 spiro atoms. The second kappa shape index (κ2) is 8.25. The number of benzene rings is 1. The first-order chi connectivity index (χ1) is 11.7. The van der Waals surface area contributed by atoms with Crippen LogP contribution in [0.4, 0.5) is 4.39 Å². The molecule has 1 fully saturated rings. The summed E-state index contributed by atoms with van der Waals surface area (Å²) in [5.41, 5.74) is -0.771. The number of hydrogen-bond donors (Lipinski definition) is 2. The summed E-state index contributed by atoms with van der Waals surface area (Å²) in [5, 5.41) is 3.19. The van der Waals surface area contributed by atoms with E-state index < -0.39 is 21.4 Å². The summed E-state index contributed by atoms with van der Waals surface area (Å²) < 4.78 is 45.2. The average Bonchev–Trinajstić information content (AvgIpc) is 2.55. The first kappa shape index (κ1) is 19.8. The number of rotatable bonds is 7. The Hall–Kier alpha value is -1.51. The van der Waals surface area contributed by atoms with Crippen LogP contribution in [-0.4, -0.2) is 39.6 Å². The maximum atomic E-state index is 12.9. The number of ether oxygens (including phenoxy) is 1. The predicted octanol–water partition coefficient (Wildman–Crippen LogP) is 1.82. The lowest BCUT2D eigenvalue weighted by atomic mass is 9.97. The molecule has 0 aromatic heterocycles. The van der Waals surface area contributed by atoms with Gasteiger partial charge in [0.05, 0.1) is 10.8 Å². The van der Waals surface area contributed by atoms with Crippen molar-refractivity contribution in [1.29, 1.82) is 0 Å². The van der Waals surface area contributed by atoms with Gasteiger partial charge in [-0.15, -0.1) is 0 Å². The largest absolute Gasteiger partial charge is 0.459 e. The van der Waals surface area contributed by atoms with Gasteiger partial charge in [-0.05, 0) is 64.0 Å². The Morgan fingerprint density at radius 2 is 1.88 bits per heavy atom. The van der Waals surface area contributed by atoms with Crippen molar-refractivity contribution in [3.05, 3.63) is 30.1 Å². The van der Waals surface area contributed by atoms with E-state index in [2.05, 4.69) is 10.0 Å². The topological polar surface area (TPSA) is 84.5 Å². The van der Waals surface area contributed by atoms with Crippen molar-refractivity contribution >= 4 is 16.0 Å². The Morgan fingerprint density at radius 3 is 2.48 bits per heavy atom. The Bertz CT molecular complexity index is 683. The molecule has 25 heavy (non-hydrogen) atoms. The molecule has 0 saturated carbocycles. The van der Waals surface area contributed by atoms with Crippen molar-refractivity contribution in [3.8, 4) is 0 Å². The number of sulfonamides is 1. The standard InChI is InChI=1S/C17H25FN2O4S/c1-17(2,24-16(21)13-7-10-19-11-8-13)9-12-20-25(22,23)15-5-3-14(18)4-6-15/h3-6,13,19-20H,7-12H2,1-2H3. The van der Waals surface area contributed by atoms with E-state index >= 15 is 0 Å². The predicted molar refractivity (Wildman–Crippen MR) is 92.0 cm³/mol. The van der Waals surface area contributed by atoms with E-state index in [1.54, 1.807) is 13.8 Å². The summed E-state index contributed by atoms with van der Waals surface area (Å²) in [5.74, 6) is -0.825. The lowest BCUT2D eigenvalue weighted by Crippen LogP contribution is -2.39. The number of piperidine rings is 1. The molecule has 1 saturated heterocycles. The Labute approximate surface area is 148 Å². The molecule has 6 nitrogen and oxygen atoms in total. The molecule has 2 N–H and O–H groups in total. The van der Waals surface area contributed by atoms with Crippen molar-refractivity contribution in [3.63, 3.8) is 0 Å². The highest BCUT2D eigenvalue weighted by Gasteiger charge is 2.29. The zero-order chi connectivity index (χ0) is 18.5. The van der Waals surface area contributed by atoms with Gasteiger partial charge < -0.3 is 10.1 Å². The van der Waals surface area contributed by atoms with Crippen LogP contribution < -0.4 is 10.0 Å². The third-order valence-electron chi connectivity index (χ3n) is 4.19. The van der Waals surface area contributed by atoms with Crippen LogP contribution in [0.3, 0.4) is 0 Å². The average molecular weight is 372 g/mol. The molecule has 0 aliphatic carbocycles. The first-order valence-electron chi connectivity index (χ1n) is 8.38. The highest BCUT2D eigenvalue weighted by molar-refractivity contribution is 7.89. The van der Waals surface area contributed by atoms with E-state index in [9.17, 15) is 17.6 Å². The minimum atomic E-state index is -3.71. The van der Waals surface area contributed by atoms with Gasteiger partial charge in [-0.3, -0.25) is 4.79 Å². The van der Waals surface area contributed by atoms with E-state index in [4.69, 9.17) is 4.74 Å². The van der Waals surface area contributed by atoms with E-state index in [1.165, 1.54) is 12.1 Å². The molecule has 1 aromatic rings. The normalized spacial score (nSPS) is 16.6. The molecule has 0 radical (unpaired) electrons. The minimum absolute atomic E-state index is 0.00148. The van der Waals surface area contributed by atoms with Crippen LogP contribution in [0.15, 0.2) is 29.2 Å². The summed E-state index contributed by atoms with van der Waals surface area (Å²) in [6.07, 6.45) is 1.85. The van der Waals surface area contributed by atoms with Crippen molar-refractivity contribution < 1.29 is 22.3 Å². The summed E-state index contributed by atoms with van der Waals surface area (Å²) in [6, 6.07) is 4.61. The van der Waals surface area contributed by atoms with Gasteiger partial charge in [0.2, 0.25) is 10.0 Å². The summed E-state index contributed by atoms with van der Waals surface area (Å²) in [6.45, 7) is 5.25. The van der Waals surface area contributed by atoms with Crippen molar-refractivity contribution in [1.82, 2.24) is 10.0 Å². The molecule has 0 atom stereocenters. The van der Waals surface area contributed by atoms with Gasteiger partial charge in [0.1, 0.15) is 11.4 Å². The van der Waals surface area contributed by atoms with E-state index in [0.29, 0.717) is 6.42 Å². The highest BCUT2D eigenvalue weighted by atomic mass is 32.2. The maximum absolute atomic E-state index is 12.9. The van der Waals surface area contributed by atoms with Gasteiger partial charge in [0.15, 0.2) is 0 Å². The minimum Gasteiger partial charge on any atom is -0.459 e. The van der Waals surface area contributed by atoms with Crippen molar-refractivity contribution in [2.75, 3.05) is 19.6 Å². The van der Waals surface area contributed by atoms with Gasteiger partial charge in [0, 0.05) is 13.0 Å². The van der Waals surface area contributed by atoms with Gasteiger partial charge >= 0.3 is 5.97 Å². The number of carbonyl (C=O) groups is 1. The molecule has 1 aliphatic heterocycles.